The number of nitrogens with one attached hydrogen (secondary N) is 1. The highest BCUT2D eigenvalue weighted by atomic mass is 16.5. The summed E-state index contributed by atoms with van der Waals surface area (Å²) in [7, 11) is 0. The predicted molar refractivity (Wildman–Crippen MR) is 127 cm³/mol. The van der Waals surface area contributed by atoms with Crippen LogP contribution in [0, 0.1) is 6.92 Å². The van der Waals surface area contributed by atoms with E-state index in [1.807, 2.05) is 26.0 Å². The van der Waals surface area contributed by atoms with E-state index in [2.05, 4.69) is 5.32 Å². The summed E-state index contributed by atoms with van der Waals surface area (Å²) in [6, 6.07) is 13.3. The zero-order valence-corrected chi connectivity index (χ0v) is 19.3. The van der Waals surface area contributed by atoms with Gasteiger partial charge in [0.2, 0.25) is 5.91 Å². The molecule has 1 aliphatic carbocycles. The van der Waals surface area contributed by atoms with Crippen molar-refractivity contribution < 1.29 is 19.1 Å². The molecule has 1 heterocycles. The normalized spacial score (nSPS) is 18.8. The number of hydrogen-bond acceptors (Lipinski definition) is 4. The Labute approximate surface area is 194 Å². The van der Waals surface area contributed by atoms with Crippen molar-refractivity contribution >= 4 is 29.2 Å². The van der Waals surface area contributed by atoms with Crippen LogP contribution in [0.25, 0.3) is 0 Å². The summed E-state index contributed by atoms with van der Waals surface area (Å²) in [5.74, 6) is 0.110. The minimum atomic E-state index is -0.797. The first-order chi connectivity index (χ1) is 16.0. The summed E-state index contributed by atoms with van der Waals surface area (Å²) in [5.41, 5.74) is 2.22. The van der Waals surface area contributed by atoms with Gasteiger partial charge in [0.15, 0.2) is 0 Å². The molecule has 1 saturated heterocycles. The molecule has 0 radical (unpaired) electrons. The molecule has 0 spiro atoms. The van der Waals surface area contributed by atoms with Crippen LogP contribution in [-0.2, 0) is 9.59 Å². The number of ether oxygens (including phenoxy) is 1. The number of amides is 4. The van der Waals surface area contributed by atoms with Gasteiger partial charge < -0.3 is 15.0 Å². The summed E-state index contributed by atoms with van der Waals surface area (Å²) in [4.78, 5) is 42.5. The van der Waals surface area contributed by atoms with Crippen molar-refractivity contribution in [2.24, 2.45) is 0 Å². The van der Waals surface area contributed by atoms with E-state index in [0.29, 0.717) is 18.0 Å². The Balaban J connectivity index is 1.50. The SMILES string of the molecule is CCCOc1ccc(NC(=O)C[C@H]2C(=O)N(c3ccc(C)cc3)C(=O)N2C2CCCC2)cc1. The Morgan fingerprint density at radius 2 is 1.70 bits per heavy atom. The van der Waals surface area contributed by atoms with Crippen LogP contribution in [0.15, 0.2) is 48.5 Å². The Morgan fingerprint density at radius 1 is 1.03 bits per heavy atom. The average Bonchev–Trinajstić information content (AvgIpc) is 3.41. The largest absolute Gasteiger partial charge is 0.494 e. The highest BCUT2D eigenvalue weighted by Gasteiger charge is 2.49. The number of rotatable bonds is 8. The molecule has 33 heavy (non-hydrogen) atoms. The fourth-order valence-electron chi connectivity index (χ4n) is 4.56. The number of carbonyl (C=O) groups excluding carboxylic acids is 3. The molecule has 1 saturated carbocycles. The van der Waals surface area contributed by atoms with Crippen molar-refractivity contribution in [1.82, 2.24) is 4.90 Å². The molecular weight excluding hydrogens is 418 g/mol. The molecule has 1 aliphatic heterocycles. The van der Waals surface area contributed by atoms with Crippen LogP contribution in [0.3, 0.4) is 0 Å². The standard InChI is InChI=1S/C26H31N3O4/c1-3-16-33-22-14-10-19(11-15-22)27-24(30)17-23-25(31)29(21-12-8-18(2)9-13-21)26(32)28(23)20-6-4-5-7-20/h8-15,20,23H,3-7,16-17H2,1-2H3,(H,27,30)/t23-/m0/s1. The van der Waals surface area contributed by atoms with E-state index in [1.165, 1.54) is 4.90 Å². The maximum atomic E-state index is 13.4. The molecule has 0 unspecified atom stereocenters. The quantitative estimate of drug-likeness (QED) is 0.582. The van der Waals surface area contributed by atoms with Gasteiger partial charge in [-0.1, -0.05) is 37.5 Å². The zero-order chi connectivity index (χ0) is 23.4. The van der Waals surface area contributed by atoms with E-state index < -0.39 is 6.04 Å². The van der Waals surface area contributed by atoms with Crippen molar-refractivity contribution in [3.63, 3.8) is 0 Å². The van der Waals surface area contributed by atoms with Gasteiger partial charge in [0.05, 0.1) is 18.7 Å². The van der Waals surface area contributed by atoms with Crippen LogP contribution in [0.2, 0.25) is 0 Å². The second-order valence-electron chi connectivity index (χ2n) is 8.78. The second kappa shape index (κ2) is 10.1. The summed E-state index contributed by atoms with van der Waals surface area (Å²) >= 11 is 0. The van der Waals surface area contributed by atoms with Crippen molar-refractivity contribution in [2.75, 3.05) is 16.8 Å². The lowest BCUT2D eigenvalue weighted by atomic mass is 10.1. The molecule has 0 aromatic heterocycles. The van der Waals surface area contributed by atoms with E-state index in [1.54, 1.807) is 41.3 Å². The highest BCUT2D eigenvalue weighted by Crippen LogP contribution is 2.34. The number of carbonyl (C=O) groups is 3. The van der Waals surface area contributed by atoms with Crippen LogP contribution in [0.5, 0.6) is 5.75 Å². The van der Waals surface area contributed by atoms with Crippen LogP contribution in [0.4, 0.5) is 16.2 Å². The molecule has 4 amide bonds. The molecule has 7 heteroatoms. The third-order valence-electron chi connectivity index (χ3n) is 6.25. The fraction of sp³-hybridized carbons (Fsp3) is 0.423. The van der Waals surface area contributed by atoms with Gasteiger partial charge in [-0.3, -0.25) is 9.59 Å². The number of imide groups is 1. The number of urea groups is 1. The van der Waals surface area contributed by atoms with E-state index in [9.17, 15) is 14.4 Å². The van der Waals surface area contributed by atoms with E-state index >= 15 is 0 Å². The minimum absolute atomic E-state index is 0.00954. The summed E-state index contributed by atoms with van der Waals surface area (Å²) in [6.45, 7) is 4.63. The third-order valence-corrected chi connectivity index (χ3v) is 6.25. The fourth-order valence-corrected chi connectivity index (χ4v) is 4.56. The van der Waals surface area contributed by atoms with E-state index in [4.69, 9.17) is 4.74 Å². The van der Waals surface area contributed by atoms with Gasteiger partial charge in [-0.2, -0.15) is 0 Å². The van der Waals surface area contributed by atoms with Crippen molar-refractivity contribution in [3.05, 3.63) is 54.1 Å². The van der Waals surface area contributed by atoms with Gasteiger partial charge in [-0.25, -0.2) is 9.69 Å². The van der Waals surface area contributed by atoms with Gasteiger partial charge >= 0.3 is 6.03 Å². The number of aryl methyl sites for hydroxylation is 1. The Kier molecular flexibility index (Phi) is 6.96. The van der Waals surface area contributed by atoms with E-state index in [0.717, 1.165) is 43.4 Å². The van der Waals surface area contributed by atoms with Crippen LogP contribution in [0.1, 0.15) is 51.0 Å². The molecule has 1 atom stereocenters. The van der Waals surface area contributed by atoms with Crippen LogP contribution < -0.4 is 15.0 Å². The van der Waals surface area contributed by atoms with Crippen molar-refractivity contribution in [2.45, 2.75) is 64.5 Å². The molecule has 1 N–H and O–H groups in total. The molecule has 0 bridgehead atoms. The number of nitrogens with zero attached hydrogens (tertiary/aromatic N) is 2. The maximum Gasteiger partial charge on any atom is 0.332 e. The monoisotopic (exact) mass is 449 g/mol. The second-order valence-corrected chi connectivity index (χ2v) is 8.78. The lowest BCUT2D eigenvalue weighted by molar-refractivity contribution is -0.124. The first-order valence-electron chi connectivity index (χ1n) is 11.7. The number of hydrogen-bond donors (Lipinski definition) is 1. The van der Waals surface area contributed by atoms with Gasteiger partial charge in [-0.15, -0.1) is 0 Å². The predicted octanol–water partition coefficient (Wildman–Crippen LogP) is 4.89. The molecule has 2 aliphatic rings. The molecular formula is C26H31N3O4. The maximum absolute atomic E-state index is 13.4. The van der Waals surface area contributed by atoms with Gasteiger partial charge in [0, 0.05) is 11.7 Å². The van der Waals surface area contributed by atoms with Crippen molar-refractivity contribution in [3.8, 4) is 5.75 Å². The van der Waals surface area contributed by atoms with Gasteiger partial charge in [-0.05, 0) is 62.6 Å². The average molecular weight is 450 g/mol. The molecule has 4 rings (SSSR count). The lowest BCUT2D eigenvalue weighted by Gasteiger charge is -2.27. The third kappa shape index (κ3) is 5.02. The Morgan fingerprint density at radius 3 is 2.33 bits per heavy atom. The van der Waals surface area contributed by atoms with Gasteiger partial charge in [0.25, 0.3) is 5.91 Å². The smallest absolute Gasteiger partial charge is 0.332 e. The summed E-state index contributed by atoms with van der Waals surface area (Å²) in [6.07, 6.45) is 4.62. The summed E-state index contributed by atoms with van der Waals surface area (Å²) < 4.78 is 5.57. The number of anilines is 2. The summed E-state index contributed by atoms with van der Waals surface area (Å²) in [5, 5.41) is 2.86. The topological polar surface area (TPSA) is 79.0 Å². The van der Waals surface area contributed by atoms with Crippen molar-refractivity contribution in [1.29, 1.82) is 0 Å². The zero-order valence-electron chi connectivity index (χ0n) is 19.3. The molecule has 7 nitrogen and oxygen atoms in total. The Bertz CT molecular complexity index is 997. The van der Waals surface area contributed by atoms with E-state index in [-0.39, 0.29) is 30.3 Å². The molecule has 2 fully saturated rings. The molecule has 2 aromatic carbocycles. The highest BCUT2D eigenvalue weighted by molar-refractivity contribution is 6.22. The molecule has 2 aromatic rings. The first-order valence-corrected chi connectivity index (χ1v) is 11.7. The minimum Gasteiger partial charge on any atom is -0.494 e. The lowest BCUT2D eigenvalue weighted by Crippen LogP contribution is -2.43. The van der Waals surface area contributed by atoms with Crippen LogP contribution in [-0.4, -0.2) is 41.4 Å². The van der Waals surface area contributed by atoms with Crippen LogP contribution >= 0.6 is 0 Å². The number of benzene rings is 2. The Hall–Kier alpha value is -3.35. The first kappa shape index (κ1) is 22.8. The molecule has 174 valence electrons. The van der Waals surface area contributed by atoms with Gasteiger partial charge in [0.1, 0.15) is 11.8 Å².